The van der Waals surface area contributed by atoms with Crippen LogP contribution in [0.2, 0.25) is 0 Å². The predicted molar refractivity (Wildman–Crippen MR) is 103 cm³/mol. The van der Waals surface area contributed by atoms with Crippen molar-refractivity contribution in [2.75, 3.05) is 13.2 Å². The zero-order chi connectivity index (χ0) is 25.4. The van der Waals surface area contributed by atoms with Gasteiger partial charge in [-0.1, -0.05) is 0 Å². The summed E-state index contributed by atoms with van der Waals surface area (Å²) in [4.78, 5) is 44.3. The summed E-state index contributed by atoms with van der Waals surface area (Å²) in [6, 6.07) is 0.939. The van der Waals surface area contributed by atoms with Gasteiger partial charge < -0.3 is 44.8 Å². The highest BCUT2D eigenvalue weighted by atomic mass is 31.3. The van der Waals surface area contributed by atoms with Crippen LogP contribution in [0.5, 0.6) is 0 Å². The monoisotopic (exact) mass is 536 g/mol. The van der Waals surface area contributed by atoms with Gasteiger partial charge in [0.2, 0.25) is 0 Å². The standard InChI is InChI=1S/C14H22N2O16P2/c17-5-3-28-13(11(22)8(5)19)31-34(26,27)32-33(24,25)29-4-6-9(20)10(21)12(30-6)16-2-1-7(18)15-14(16)23/h1-2,5-6,8-13,17,19-22H,3-4H2,(H,24,25)(H,26,27)(H,15,18,23)/t5-,6-,8-,9-,10-,11+,12-,13?/m1/s1. The predicted octanol–water partition coefficient (Wildman–Crippen LogP) is -4.15. The second-order valence-electron chi connectivity index (χ2n) is 7.23. The van der Waals surface area contributed by atoms with Crippen LogP contribution in [0.3, 0.4) is 0 Å². The Morgan fingerprint density at radius 2 is 1.71 bits per heavy atom. The summed E-state index contributed by atoms with van der Waals surface area (Å²) in [6.07, 6.45) is -13.0. The summed E-state index contributed by atoms with van der Waals surface area (Å²) >= 11 is 0. The van der Waals surface area contributed by atoms with Crippen LogP contribution in [-0.2, 0) is 32.0 Å². The van der Waals surface area contributed by atoms with Gasteiger partial charge in [-0.25, -0.2) is 13.9 Å². The van der Waals surface area contributed by atoms with Crippen molar-refractivity contribution in [2.24, 2.45) is 0 Å². The van der Waals surface area contributed by atoms with Gasteiger partial charge >= 0.3 is 21.3 Å². The number of hydrogen-bond acceptors (Lipinski definition) is 14. The van der Waals surface area contributed by atoms with E-state index in [1.54, 1.807) is 0 Å². The molecular formula is C14H22N2O16P2. The van der Waals surface area contributed by atoms with Crippen molar-refractivity contribution in [2.45, 2.75) is 49.1 Å². The van der Waals surface area contributed by atoms with Crippen LogP contribution in [0.15, 0.2) is 21.9 Å². The van der Waals surface area contributed by atoms with Gasteiger partial charge in [-0.05, 0) is 0 Å². The highest BCUT2D eigenvalue weighted by molar-refractivity contribution is 7.61. The molecule has 0 aromatic carbocycles. The normalized spacial score (nSPS) is 37.7. The fourth-order valence-electron chi connectivity index (χ4n) is 3.07. The third kappa shape index (κ3) is 6.26. The molecule has 1 aromatic rings. The van der Waals surface area contributed by atoms with Gasteiger partial charge in [-0.15, -0.1) is 0 Å². The number of nitrogens with one attached hydrogen (secondary N) is 1. The fourth-order valence-corrected chi connectivity index (χ4v) is 5.24. The first kappa shape index (κ1) is 27.3. The SMILES string of the molecule is O=c1ccn([C@@H]2O[C@H](COP(=O)(O)OP(=O)(O)OC3OC[C@@H](O)[C@@H](O)[C@@H]3O)[C@@H](O)[C@H]2O)c(=O)[nH]1. The lowest BCUT2D eigenvalue weighted by molar-refractivity contribution is -0.245. The van der Waals surface area contributed by atoms with Crippen molar-refractivity contribution < 1.29 is 67.3 Å². The van der Waals surface area contributed by atoms with E-state index in [1.807, 2.05) is 4.98 Å². The molecule has 2 aliphatic rings. The quantitative estimate of drug-likeness (QED) is 0.146. The Hall–Kier alpha value is -1.34. The summed E-state index contributed by atoms with van der Waals surface area (Å²) in [5.74, 6) is 0. The molecule has 18 nitrogen and oxygen atoms in total. The number of ether oxygens (including phenoxy) is 2. The third-order valence-corrected chi connectivity index (χ3v) is 7.36. The van der Waals surface area contributed by atoms with E-state index in [2.05, 4.69) is 13.4 Å². The summed E-state index contributed by atoms with van der Waals surface area (Å²) in [6.45, 7) is -1.59. The molecule has 0 radical (unpaired) electrons. The second kappa shape index (κ2) is 10.3. The van der Waals surface area contributed by atoms with Crippen LogP contribution in [0.1, 0.15) is 6.23 Å². The number of aromatic amines is 1. The Kier molecular flexibility index (Phi) is 8.28. The molecule has 34 heavy (non-hydrogen) atoms. The number of hydrogen-bond donors (Lipinski definition) is 8. The fraction of sp³-hybridized carbons (Fsp3) is 0.714. The molecule has 2 saturated heterocycles. The van der Waals surface area contributed by atoms with Gasteiger partial charge in [0.1, 0.15) is 36.6 Å². The molecule has 1 aromatic heterocycles. The van der Waals surface area contributed by atoms with Crippen molar-refractivity contribution >= 4 is 15.6 Å². The summed E-state index contributed by atoms with van der Waals surface area (Å²) in [7, 11) is -10.9. The van der Waals surface area contributed by atoms with Gasteiger partial charge in [0.15, 0.2) is 12.5 Å². The molecule has 3 rings (SSSR count). The minimum absolute atomic E-state index is 0.602. The van der Waals surface area contributed by atoms with E-state index in [1.165, 1.54) is 0 Å². The first-order chi connectivity index (χ1) is 15.7. The molecule has 20 heteroatoms. The smallest absolute Gasteiger partial charge is 0.388 e. The van der Waals surface area contributed by atoms with Crippen molar-refractivity contribution in [3.05, 3.63) is 33.1 Å². The lowest BCUT2D eigenvalue weighted by Crippen LogP contribution is -2.53. The lowest BCUT2D eigenvalue weighted by Gasteiger charge is -2.35. The molecule has 2 aliphatic heterocycles. The minimum atomic E-state index is -5.47. The Morgan fingerprint density at radius 3 is 2.35 bits per heavy atom. The average molecular weight is 536 g/mol. The Balaban J connectivity index is 1.59. The van der Waals surface area contributed by atoms with E-state index in [9.17, 15) is 54.0 Å². The molecule has 2 fully saturated rings. The number of aromatic nitrogens is 2. The molecule has 8 N–H and O–H groups in total. The van der Waals surface area contributed by atoms with Crippen molar-refractivity contribution in [3.8, 4) is 0 Å². The van der Waals surface area contributed by atoms with E-state index in [0.29, 0.717) is 0 Å². The van der Waals surface area contributed by atoms with Crippen LogP contribution >= 0.6 is 15.6 Å². The van der Waals surface area contributed by atoms with Crippen LogP contribution in [0.4, 0.5) is 0 Å². The zero-order valence-corrected chi connectivity index (χ0v) is 18.6. The van der Waals surface area contributed by atoms with Crippen LogP contribution < -0.4 is 11.2 Å². The Morgan fingerprint density at radius 1 is 1.03 bits per heavy atom. The van der Waals surface area contributed by atoms with Crippen molar-refractivity contribution in [1.82, 2.24) is 9.55 Å². The molecule has 0 spiro atoms. The zero-order valence-electron chi connectivity index (χ0n) is 16.8. The van der Waals surface area contributed by atoms with Crippen molar-refractivity contribution in [1.29, 1.82) is 0 Å². The van der Waals surface area contributed by atoms with Gasteiger partial charge in [0.05, 0.1) is 13.2 Å². The second-order valence-corrected chi connectivity index (χ2v) is 10.2. The molecule has 0 amide bonds. The molecular weight excluding hydrogens is 514 g/mol. The molecule has 3 unspecified atom stereocenters. The van der Waals surface area contributed by atoms with E-state index in [0.717, 1.165) is 16.8 Å². The molecule has 3 heterocycles. The molecule has 194 valence electrons. The van der Waals surface area contributed by atoms with E-state index in [4.69, 9.17) is 9.47 Å². The number of rotatable bonds is 8. The highest BCUT2D eigenvalue weighted by Gasteiger charge is 2.47. The van der Waals surface area contributed by atoms with E-state index < -0.39 is 89.2 Å². The summed E-state index contributed by atoms with van der Waals surface area (Å²) in [5.41, 5.74) is -1.72. The van der Waals surface area contributed by atoms with Gasteiger partial charge in [0, 0.05) is 12.3 Å². The lowest BCUT2D eigenvalue weighted by atomic mass is 10.1. The molecule has 0 aliphatic carbocycles. The van der Waals surface area contributed by atoms with Gasteiger partial charge in [-0.3, -0.25) is 23.4 Å². The van der Waals surface area contributed by atoms with Crippen LogP contribution in [0, 0.1) is 0 Å². The number of H-pyrrole nitrogens is 1. The first-order valence-electron chi connectivity index (χ1n) is 9.39. The third-order valence-electron chi connectivity index (χ3n) is 4.76. The molecule has 0 bridgehead atoms. The largest absolute Gasteiger partial charge is 0.483 e. The topological polar surface area (TPSA) is 277 Å². The van der Waals surface area contributed by atoms with E-state index >= 15 is 0 Å². The van der Waals surface area contributed by atoms with Gasteiger partial charge in [-0.2, -0.15) is 4.31 Å². The summed E-state index contributed by atoms with van der Waals surface area (Å²) in [5, 5.41) is 48.8. The Labute approximate surface area is 188 Å². The maximum absolute atomic E-state index is 12.1. The van der Waals surface area contributed by atoms with Crippen LogP contribution in [-0.4, -0.2) is 101 Å². The van der Waals surface area contributed by atoms with Crippen molar-refractivity contribution in [3.63, 3.8) is 0 Å². The first-order valence-corrected chi connectivity index (χ1v) is 12.4. The summed E-state index contributed by atoms with van der Waals surface area (Å²) < 4.78 is 47.7. The Bertz CT molecular complexity index is 1080. The average Bonchev–Trinajstić information content (AvgIpc) is 3.00. The molecule has 0 saturated carbocycles. The number of phosphoric acid groups is 2. The maximum Gasteiger partial charge on any atom is 0.483 e. The van der Waals surface area contributed by atoms with E-state index in [-0.39, 0.29) is 0 Å². The maximum atomic E-state index is 12.1. The number of phosphoric ester groups is 2. The number of aliphatic hydroxyl groups excluding tert-OH is 5. The highest BCUT2D eigenvalue weighted by Crippen LogP contribution is 2.61. The van der Waals surface area contributed by atoms with Crippen LogP contribution in [0.25, 0.3) is 0 Å². The minimum Gasteiger partial charge on any atom is -0.388 e. The number of nitrogens with zero attached hydrogens (tertiary/aromatic N) is 1. The van der Waals surface area contributed by atoms with Gasteiger partial charge in [0.25, 0.3) is 5.56 Å². The molecule has 10 atom stereocenters. The number of aliphatic hydroxyl groups is 5.